The lowest BCUT2D eigenvalue weighted by molar-refractivity contribution is 0.515. The smallest absolute Gasteiger partial charge is 0.112 e. The van der Waals surface area contributed by atoms with Crippen molar-refractivity contribution in [3.63, 3.8) is 0 Å². The van der Waals surface area contributed by atoms with Gasteiger partial charge in [-0.15, -0.1) is 0 Å². The molecule has 3 heteroatoms. The molecule has 1 heterocycles. The molecule has 14 heavy (non-hydrogen) atoms. The van der Waals surface area contributed by atoms with E-state index in [1.165, 1.54) is 0 Å². The molecule has 1 aromatic rings. The van der Waals surface area contributed by atoms with E-state index in [0.717, 1.165) is 17.7 Å². The second kappa shape index (κ2) is 4.52. The normalized spacial score (nSPS) is 12.1. The van der Waals surface area contributed by atoms with E-state index in [2.05, 4.69) is 6.07 Å². The van der Waals surface area contributed by atoms with Gasteiger partial charge in [0.1, 0.15) is 5.76 Å². The van der Waals surface area contributed by atoms with Gasteiger partial charge in [0.2, 0.25) is 0 Å². The molecular formula is C11H14N2O. The minimum absolute atomic E-state index is 0.542. The first-order chi connectivity index (χ1) is 6.74. The molecule has 2 N–H and O–H groups in total. The molecule has 0 saturated heterocycles. The molecule has 0 atom stereocenters. The molecule has 0 aliphatic rings. The lowest BCUT2D eigenvalue weighted by atomic mass is 10.1. The van der Waals surface area contributed by atoms with Gasteiger partial charge in [0.15, 0.2) is 0 Å². The first-order valence-corrected chi connectivity index (χ1v) is 4.70. The van der Waals surface area contributed by atoms with E-state index < -0.39 is 0 Å². The van der Waals surface area contributed by atoms with Crippen LogP contribution in [0.3, 0.4) is 0 Å². The van der Waals surface area contributed by atoms with E-state index in [0.29, 0.717) is 17.7 Å². The summed E-state index contributed by atoms with van der Waals surface area (Å²) < 4.78 is 5.25. The van der Waals surface area contributed by atoms with Gasteiger partial charge in [-0.2, -0.15) is 5.26 Å². The Balaban J connectivity index is 3.17. The van der Waals surface area contributed by atoms with Crippen LogP contribution in [0.2, 0.25) is 0 Å². The first-order valence-electron chi connectivity index (χ1n) is 4.70. The Labute approximate surface area is 83.8 Å². The van der Waals surface area contributed by atoms with Crippen LogP contribution >= 0.6 is 0 Å². The maximum Gasteiger partial charge on any atom is 0.112 e. The number of allylic oxidation sites excluding steroid dienone is 1. The van der Waals surface area contributed by atoms with Crippen LogP contribution in [0.25, 0.3) is 5.70 Å². The Kier molecular flexibility index (Phi) is 3.35. The molecule has 0 aliphatic heterocycles. The van der Waals surface area contributed by atoms with Crippen LogP contribution in [0.4, 0.5) is 0 Å². The monoisotopic (exact) mass is 190 g/mol. The predicted octanol–water partition coefficient (Wildman–Crippen LogP) is 2.45. The van der Waals surface area contributed by atoms with Gasteiger partial charge in [0.05, 0.1) is 23.6 Å². The van der Waals surface area contributed by atoms with Crippen molar-refractivity contribution in [2.45, 2.75) is 26.7 Å². The molecule has 0 spiro atoms. The standard InChI is InChI=1S/C11H14N2O/c1-3-8(7-12)11(13)9-5-6-14-10(9)4-2/h5-6H,3-4,13H2,1-2H3/b11-8-. The van der Waals surface area contributed by atoms with Crippen LogP contribution in [0.15, 0.2) is 22.3 Å². The highest BCUT2D eigenvalue weighted by molar-refractivity contribution is 5.70. The zero-order chi connectivity index (χ0) is 10.6. The van der Waals surface area contributed by atoms with Crippen LogP contribution in [0.5, 0.6) is 0 Å². The Morgan fingerprint density at radius 2 is 2.29 bits per heavy atom. The average molecular weight is 190 g/mol. The Hall–Kier alpha value is -1.69. The van der Waals surface area contributed by atoms with Crippen LogP contribution < -0.4 is 5.73 Å². The van der Waals surface area contributed by atoms with Crippen molar-refractivity contribution in [3.8, 4) is 6.07 Å². The number of hydrogen-bond acceptors (Lipinski definition) is 3. The van der Waals surface area contributed by atoms with Gasteiger partial charge in [0.25, 0.3) is 0 Å². The zero-order valence-corrected chi connectivity index (χ0v) is 8.50. The number of hydrogen-bond donors (Lipinski definition) is 1. The quantitative estimate of drug-likeness (QED) is 0.744. The van der Waals surface area contributed by atoms with Crippen molar-refractivity contribution in [1.29, 1.82) is 5.26 Å². The van der Waals surface area contributed by atoms with Crippen molar-refractivity contribution in [3.05, 3.63) is 29.2 Å². The highest BCUT2D eigenvalue weighted by Gasteiger charge is 2.10. The van der Waals surface area contributed by atoms with Gasteiger partial charge in [-0.05, 0) is 12.5 Å². The van der Waals surface area contributed by atoms with Crippen molar-refractivity contribution in [1.82, 2.24) is 0 Å². The molecule has 0 radical (unpaired) electrons. The summed E-state index contributed by atoms with van der Waals surface area (Å²) in [5.41, 5.74) is 7.89. The maximum absolute atomic E-state index is 8.84. The molecule has 3 nitrogen and oxygen atoms in total. The first kappa shape index (κ1) is 10.4. The van der Waals surface area contributed by atoms with Gasteiger partial charge in [0, 0.05) is 12.0 Å². The molecule has 0 unspecified atom stereocenters. The summed E-state index contributed by atoms with van der Waals surface area (Å²) in [6.07, 6.45) is 3.04. The molecule has 0 aliphatic carbocycles. The second-order valence-electron chi connectivity index (χ2n) is 2.97. The van der Waals surface area contributed by atoms with Crippen molar-refractivity contribution >= 4 is 5.70 Å². The van der Waals surface area contributed by atoms with Gasteiger partial charge >= 0.3 is 0 Å². The van der Waals surface area contributed by atoms with Crippen molar-refractivity contribution in [2.24, 2.45) is 5.73 Å². The Morgan fingerprint density at radius 1 is 1.57 bits per heavy atom. The fourth-order valence-corrected chi connectivity index (χ4v) is 1.35. The van der Waals surface area contributed by atoms with Gasteiger partial charge in [-0.3, -0.25) is 0 Å². The average Bonchev–Trinajstić information content (AvgIpc) is 2.67. The largest absolute Gasteiger partial charge is 0.469 e. The summed E-state index contributed by atoms with van der Waals surface area (Å²) in [4.78, 5) is 0. The summed E-state index contributed by atoms with van der Waals surface area (Å²) in [7, 11) is 0. The molecule has 0 saturated carbocycles. The Bertz CT molecular complexity index is 382. The number of aryl methyl sites for hydroxylation is 1. The van der Waals surface area contributed by atoms with Crippen molar-refractivity contribution in [2.75, 3.05) is 0 Å². The van der Waals surface area contributed by atoms with E-state index in [9.17, 15) is 0 Å². The van der Waals surface area contributed by atoms with Crippen LogP contribution in [-0.2, 0) is 6.42 Å². The predicted molar refractivity (Wildman–Crippen MR) is 55.1 cm³/mol. The fourth-order valence-electron chi connectivity index (χ4n) is 1.35. The lowest BCUT2D eigenvalue weighted by Gasteiger charge is -2.02. The third kappa shape index (κ3) is 1.80. The summed E-state index contributed by atoms with van der Waals surface area (Å²) >= 11 is 0. The molecule has 0 fully saturated rings. The van der Waals surface area contributed by atoms with E-state index in [-0.39, 0.29) is 0 Å². The van der Waals surface area contributed by atoms with Gasteiger partial charge in [-0.1, -0.05) is 13.8 Å². The van der Waals surface area contributed by atoms with Crippen molar-refractivity contribution < 1.29 is 4.42 Å². The highest BCUT2D eigenvalue weighted by Crippen LogP contribution is 2.21. The van der Waals surface area contributed by atoms with Gasteiger partial charge < -0.3 is 10.2 Å². The topological polar surface area (TPSA) is 63.0 Å². The number of furan rings is 1. The van der Waals surface area contributed by atoms with Crippen LogP contribution in [0.1, 0.15) is 31.6 Å². The van der Waals surface area contributed by atoms with E-state index in [1.807, 2.05) is 13.8 Å². The molecule has 74 valence electrons. The van der Waals surface area contributed by atoms with Crippen LogP contribution in [0, 0.1) is 11.3 Å². The molecule has 1 rings (SSSR count). The number of nitriles is 1. The van der Waals surface area contributed by atoms with E-state index in [1.54, 1.807) is 12.3 Å². The van der Waals surface area contributed by atoms with E-state index >= 15 is 0 Å². The lowest BCUT2D eigenvalue weighted by Crippen LogP contribution is -2.01. The molecule has 0 amide bonds. The number of nitrogens with two attached hydrogens (primary N) is 1. The molecule has 1 aromatic heterocycles. The fraction of sp³-hybridized carbons (Fsp3) is 0.364. The molecular weight excluding hydrogens is 176 g/mol. The number of nitrogens with zero attached hydrogens (tertiary/aromatic N) is 1. The van der Waals surface area contributed by atoms with E-state index in [4.69, 9.17) is 15.4 Å². The second-order valence-corrected chi connectivity index (χ2v) is 2.97. The summed E-state index contributed by atoms with van der Waals surface area (Å²) in [5, 5.41) is 8.84. The van der Waals surface area contributed by atoms with Crippen LogP contribution in [-0.4, -0.2) is 0 Å². The highest BCUT2D eigenvalue weighted by atomic mass is 16.3. The third-order valence-electron chi connectivity index (χ3n) is 2.17. The third-order valence-corrected chi connectivity index (χ3v) is 2.17. The summed E-state index contributed by atoms with van der Waals surface area (Å²) in [5.74, 6) is 0.837. The molecule has 0 bridgehead atoms. The minimum atomic E-state index is 0.542. The summed E-state index contributed by atoms with van der Waals surface area (Å²) in [6.45, 7) is 3.91. The molecule has 0 aromatic carbocycles. The minimum Gasteiger partial charge on any atom is -0.469 e. The Morgan fingerprint density at radius 3 is 2.79 bits per heavy atom. The number of rotatable bonds is 3. The SMILES string of the molecule is CC/C(C#N)=C(/N)c1ccoc1CC. The van der Waals surface area contributed by atoms with Gasteiger partial charge in [-0.25, -0.2) is 0 Å². The maximum atomic E-state index is 8.84. The zero-order valence-electron chi connectivity index (χ0n) is 8.50. The summed E-state index contributed by atoms with van der Waals surface area (Å²) in [6, 6.07) is 3.91.